The highest BCUT2D eigenvalue weighted by Gasteiger charge is 2.34. The zero-order valence-corrected chi connectivity index (χ0v) is 10.4. The van der Waals surface area contributed by atoms with E-state index < -0.39 is 17.9 Å². The number of nitrogens with zero attached hydrogens (tertiary/aromatic N) is 2. The number of carboxylic acids is 1. The van der Waals surface area contributed by atoms with Crippen molar-refractivity contribution in [1.82, 2.24) is 9.88 Å². The molecule has 1 atom stereocenters. The molecule has 0 radical (unpaired) electrons. The highest BCUT2D eigenvalue weighted by Crippen LogP contribution is 2.19. The number of rotatable bonds is 3. The predicted octanol–water partition coefficient (Wildman–Crippen LogP) is 0.0158. The Kier molecular flexibility index (Phi) is 3.96. The molecule has 1 aliphatic rings. The molecule has 2 rings (SSSR count). The van der Waals surface area contributed by atoms with Gasteiger partial charge in [-0.25, -0.2) is 9.78 Å². The number of aliphatic carboxylic acids is 1. The van der Waals surface area contributed by atoms with Gasteiger partial charge < -0.3 is 19.5 Å². The topological polar surface area (TPSA) is 89.0 Å². The highest BCUT2D eigenvalue weighted by molar-refractivity contribution is 5.98. The Morgan fingerprint density at radius 2 is 2.37 bits per heavy atom. The summed E-state index contributed by atoms with van der Waals surface area (Å²) in [6.07, 6.45) is 1.50. The van der Waals surface area contributed by atoms with Gasteiger partial charge in [-0.2, -0.15) is 0 Å². The Bertz CT molecular complexity index is 491. The minimum Gasteiger partial charge on any atom is -0.480 e. The first-order valence-electron chi connectivity index (χ1n) is 5.75. The molecule has 0 saturated carbocycles. The number of aromatic nitrogens is 1. The van der Waals surface area contributed by atoms with Crippen LogP contribution in [-0.4, -0.2) is 59.8 Å². The van der Waals surface area contributed by atoms with E-state index in [9.17, 15) is 9.59 Å². The molecule has 0 aromatic carbocycles. The number of ether oxygens (including phenoxy) is 2. The van der Waals surface area contributed by atoms with Gasteiger partial charge in [-0.3, -0.25) is 4.79 Å². The summed E-state index contributed by atoms with van der Waals surface area (Å²) in [5, 5.41) is 9.11. The Labute approximate surface area is 109 Å². The summed E-state index contributed by atoms with van der Waals surface area (Å²) in [5.74, 6) is -1.32. The average Bonchev–Trinajstić information content (AvgIpc) is 2.46. The lowest BCUT2D eigenvalue weighted by Gasteiger charge is -2.32. The quantitative estimate of drug-likeness (QED) is 0.829. The van der Waals surface area contributed by atoms with Crippen molar-refractivity contribution in [2.75, 3.05) is 26.9 Å². The highest BCUT2D eigenvalue weighted by atomic mass is 16.5. The molecule has 2 heterocycles. The number of carbonyl (C=O) groups is 2. The number of morpholine rings is 1. The molecule has 102 valence electrons. The minimum absolute atomic E-state index is 0.0103. The van der Waals surface area contributed by atoms with Gasteiger partial charge in [0.25, 0.3) is 5.91 Å². The van der Waals surface area contributed by atoms with Gasteiger partial charge >= 0.3 is 5.97 Å². The van der Waals surface area contributed by atoms with E-state index in [1.54, 1.807) is 12.1 Å². The molecule has 7 heteroatoms. The third kappa shape index (κ3) is 2.65. The van der Waals surface area contributed by atoms with Gasteiger partial charge in [0.2, 0.25) is 5.88 Å². The van der Waals surface area contributed by atoms with Crippen LogP contribution in [0.15, 0.2) is 18.3 Å². The molecule has 1 amide bonds. The Balaban J connectivity index is 2.29. The summed E-state index contributed by atoms with van der Waals surface area (Å²) >= 11 is 0. The first-order chi connectivity index (χ1) is 9.15. The SMILES string of the molecule is COc1ncccc1C(=O)N1CCOC[C@@H]1C(=O)O. The van der Waals surface area contributed by atoms with Gasteiger partial charge in [-0.15, -0.1) is 0 Å². The fourth-order valence-corrected chi connectivity index (χ4v) is 1.92. The largest absolute Gasteiger partial charge is 0.480 e. The van der Waals surface area contributed by atoms with Crippen LogP contribution >= 0.6 is 0 Å². The number of carbonyl (C=O) groups excluding carboxylic acids is 1. The summed E-state index contributed by atoms with van der Waals surface area (Å²) in [4.78, 5) is 28.7. The van der Waals surface area contributed by atoms with Crippen molar-refractivity contribution in [1.29, 1.82) is 0 Å². The number of hydrogen-bond acceptors (Lipinski definition) is 5. The van der Waals surface area contributed by atoms with Crippen LogP contribution in [0.5, 0.6) is 5.88 Å². The van der Waals surface area contributed by atoms with Crippen LogP contribution in [0, 0.1) is 0 Å². The van der Waals surface area contributed by atoms with Crippen LogP contribution in [0.25, 0.3) is 0 Å². The standard InChI is InChI=1S/C12H14N2O5/c1-18-10-8(3-2-4-13-10)11(15)14-5-6-19-7-9(14)12(16)17/h2-4,9H,5-7H2,1H3,(H,16,17)/t9-/m1/s1. The second-order valence-electron chi connectivity index (χ2n) is 3.99. The van der Waals surface area contributed by atoms with Crippen LogP contribution in [0.3, 0.4) is 0 Å². The van der Waals surface area contributed by atoms with E-state index in [1.807, 2.05) is 0 Å². The zero-order chi connectivity index (χ0) is 13.8. The lowest BCUT2D eigenvalue weighted by atomic mass is 10.1. The molecule has 0 bridgehead atoms. The van der Waals surface area contributed by atoms with E-state index in [2.05, 4.69) is 4.98 Å². The van der Waals surface area contributed by atoms with Gasteiger partial charge in [0.05, 0.1) is 20.3 Å². The van der Waals surface area contributed by atoms with Crippen molar-refractivity contribution in [3.8, 4) is 5.88 Å². The van der Waals surface area contributed by atoms with Crippen LogP contribution < -0.4 is 4.74 Å². The summed E-state index contributed by atoms with van der Waals surface area (Å²) in [5.41, 5.74) is 0.248. The molecule has 1 N–H and O–H groups in total. The Morgan fingerprint density at radius 1 is 1.58 bits per heavy atom. The number of amides is 1. The third-order valence-corrected chi connectivity index (χ3v) is 2.87. The van der Waals surface area contributed by atoms with Crippen LogP contribution in [0.2, 0.25) is 0 Å². The first kappa shape index (κ1) is 13.3. The summed E-state index contributed by atoms with van der Waals surface area (Å²) < 4.78 is 10.1. The van der Waals surface area contributed by atoms with Crippen molar-refractivity contribution >= 4 is 11.9 Å². The van der Waals surface area contributed by atoms with E-state index in [1.165, 1.54) is 18.2 Å². The van der Waals surface area contributed by atoms with Crippen molar-refractivity contribution in [2.24, 2.45) is 0 Å². The van der Waals surface area contributed by atoms with Gasteiger partial charge in [0.15, 0.2) is 6.04 Å². The lowest BCUT2D eigenvalue weighted by Crippen LogP contribution is -2.52. The normalized spacial score (nSPS) is 19.0. The molecule has 19 heavy (non-hydrogen) atoms. The van der Waals surface area contributed by atoms with Crippen LogP contribution in [0.4, 0.5) is 0 Å². The number of carboxylic acid groups (broad SMARTS) is 1. The minimum atomic E-state index is -1.09. The Morgan fingerprint density at radius 3 is 3.05 bits per heavy atom. The van der Waals surface area contributed by atoms with Crippen molar-refractivity contribution in [3.63, 3.8) is 0 Å². The van der Waals surface area contributed by atoms with Gasteiger partial charge in [-0.05, 0) is 12.1 Å². The van der Waals surface area contributed by atoms with Crippen molar-refractivity contribution in [2.45, 2.75) is 6.04 Å². The molecule has 1 aromatic rings. The molecular weight excluding hydrogens is 252 g/mol. The predicted molar refractivity (Wildman–Crippen MR) is 64.1 cm³/mol. The van der Waals surface area contributed by atoms with Crippen LogP contribution in [0.1, 0.15) is 10.4 Å². The average molecular weight is 266 g/mol. The van der Waals surface area contributed by atoms with E-state index in [-0.39, 0.29) is 24.6 Å². The fourth-order valence-electron chi connectivity index (χ4n) is 1.92. The van der Waals surface area contributed by atoms with Crippen molar-refractivity contribution in [3.05, 3.63) is 23.9 Å². The van der Waals surface area contributed by atoms with E-state index in [0.29, 0.717) is 6.61 Å². The van der Waals surface area contributed by atoms with E-state index in [4.69, 9.17) is 14.6 Å². The molecule has 1 aromatic heterocycles. The maximum absolute atomic E-state index is 12.4. The Hall–Kier alpha value is -2.15. The smallest absolute Gasteiger partial charge is 0.328 e. The summed E-state index contributed by atoms with van der Waals surface area (Å²) in [6.45, 7) is 0.537. The summed E-state index contributed by atoms with van der Waals surface area (Å²) in [6, 6.07) is 2.18. The second-order valence-corrected chi connectivity index (χ2v) is 3.99. The zero-order valence-electron chi connectivity index (χ0n) is 10.4. The van der Waals surface area contributed by atoms with Gasteiger partial charge in [-0.1, -0.05) is 0 Å². The first-order valence-corrected chi connectivity index (χ1v) is 5.75. The molecule has 0 aliphatic carbocycles. The van der Waals surface area contributed by atoms with Crippen LogP contribution in [-0.2, 0) is 9.53 Å². The molecule has 0 unspecified atom stereocenters. The number of methoxy groups -OCH3 is 1. The maximum Gasteiger partial charge on any atom is 0.328 e. The fraction of sp³-hybridized carbons (Fsp3) is 0.417. The van der Waals surface area contributed by atoms with Gasteiger partial charge in [0, 0.05) is 12.7 Å². The van der Waals surface area contributed by atoms with Gasteiger partial charge in [0.1, 0.15) is 5.56 Å². The summed E-state index contributed by atoms with van der Waals surface area (Å²) in [7, 11) is 1.41. The second kappa shape index (κ2) is 5.66. The molecule has 1 aliphatic heterocycles. The molecule has 1 saturated heterocycles. The van der Waals surface area contributed by atoms with Crippen molar-refractivity contribution < 1.29 is 24.2 Å². The number of pyridine rings is 1. The lowest BCUT2D eigenvalue weighted by molar-refractivity contribution is -0.147. The molecule has 1 fully saturated rings. The molecular formula is C12H14N2O5. The van der Waals surface area contributed by atoms with E-state index >= 15 is 0 Å². The molecule has 0 spiro atoms. The molecule has 7 nitrogen and oxygen atoms in total. The number of hydrogen-bond donors (Lipinski definition) is 1. The third-order valence-electron chi connectivity index (χ3n) is 2.87. The maximum atomic E-state index is 12.4. The monoisotopic (exact) mass is 266 g/mol. The van der Waals surface area contributed by atoms with E-state index in [0.717, 1.165) is 0 Å².